The van der Waals surface area contributed by atoms with Crippen molar-refractivity contribution >= 4 is 40.7 Å². The van der Waals surface area contributed by atoms with Crippen LogP contribution in [0, 0.1) is 3.57 Å². The predicted octanol–water partition coefficient (Wildman–Crippen LogP) is 2.30. The molecule has 0 atom stereocenters. The van der Waals surface area contributed by atoms with Crippen molar-refractivity contribution in [2.45, 2.75) is 0 Å². The minimum absolute atomic E-state index is 0. The second-order valence-corrected chi connectivity index (χ2v) is 3.06. The number of nitrogen functional groups attached to an aromatic ring is 1. The van der Waals surface area contributed by atoms with Crippen LogP contribution in [0.25, 0.3) is 0 Å². The van der Waals surface area contributed by atoms with Gasteiger partial charge in [0.1, 0.15) is 5.75 Å². The molecule has 11 heavy (non-hydrogen) atoms. The summed E-state index contributed by atoms with van der Waals surface area (Å²) in [6.45, 7) is 0. The number of benzene rings is 1. The van der Waals surface area contributed by atoms with E-state index in [0.29, 0.717) is 0 Å². The van der Waals surface area contributed by atoms with Gasteiger partial charge in [-0.15, -0.1) is 12.4 Å². The Balaban J connectivity index is 0.000001000. The minimum atomic E-state index is 0. The SMILES string of the molecule is COc1cc(N)ccc1I.Cl. The van der Waals surface area contributed by atoms with Crippen LogP contribution in [0.3, 0.4) is 0 Å². The van der Waals surface area contributed by atoms with Crippen LogP contribution >= 0.6 is 35.0 Å². The average molecular weight is 286 g/mol. The minimum Gasteiger partial charge on any atom is -0.496 e. The van der Waals surface area contributed by atoms with Crippen molar-refractivity contribution in [3.8, 4) is 5.75 Å². The van der Waals surface area contributed by atoms with E-state index in [2.05, 4.69) is 22.6 Å². The van der Waals surface area contributed by atoms with Gasteiger partial charge < -0.3 is 10.5 Å². The highest BCUT2D eigenvalue weighted by Crippen LogP contribution is 2.22. The lowest BCUT2D eigenvalue weighted by Gasteiger charge is -2.02. The Morgan fingerprint density at radius 2 is 2.09 bits per heavy atom. The van der Waals surface area contributed by atoms with Gasteiger partial charge in [0, 0.05) is 11.8 Å². The molecular formula is C7H9ClINO. The Bertz CT molecular complexity index is 242. The van der Waals surface area contributed by atoms with Crippen LogP contribution in [0.4, 0.5) is 5.69 Å². The predicted molar refractivity (Wildman–Crippen MR) is 57.4 cm³/mol. The van der Waals surface area contributed by atoms with Crippen molar-refractivity contribution in [1.82, 2.24) is 0 Å². The molecule has 0 fully saturated rings. The number of halogens is 2. The van der Waals surface area contributed by atoms with Gasteiger partial charge in [-0.3, -0.25) is 0 Å². The molecule has 0 unspecified atom stereocenters. The van der Waals surface area contributed by atoms with E-state index < -0.39 is 0 Å². The molecule has 0 spiro atoms. The zero-order valence-electron chi connectivity index (χ0n) is 6.00. The molecule has 0 aromatic heterocycles. The number of rotatable bonds is 1. The zero-order valence-corrected chi connectivity index (χ0v) is 8.98. The van der Waals surface area contributed by atoms with Gasteiger partial charge in [-0.05, 0) is 34.7 Å². The van der Waals surface area contributed by atoms with Crippen LogP contribution in [-0.4, -0.2) is 7.11 Å². The second-order valence-electron chi connectivity index (χ2n) is 1.89. The summed E-state index contributed by atoms with van der Waals surface area (Å²) in [5, 5.41) is 0. The van der Waals surface area contributed by atoms with Crippen molar-refractivity contribution in [1.29, 1.82) is 0 Å². The largest absolute Gasteiger partial charge is 0.496 e. The fourth-order valence-corrected chi connectivity index (χ4v) is 1.23. The third kappa shape index (κ3) is 2.75. The quantitative estimate of drug-likeness (QED) is 0.635. The fraction of sp³-hybridized carbons (Fsp3) is 0.143. The van der Waals surface area contributed by atoms with Crippen LogP contribution in [0.5, 0.6) is 5.75 Å². The van der Waals surface area contributed by atoms with Crippen LogP contribution in [0.2, 0.25) is 0 Å². The van der Waals surface area contributed by atoms with Gasteiger partial charge in [0.2, 0.25) is 0 Å². The normalized spacial score (nSPS) is 8.55. The molecule has 1 aromatic rings. The Hall–Kier alpha value is -0.160. The monoisotopic (exact) mass is 285 g/mol. The standard InChI is InChI=1S/C7H8INO.ClH/c1-10-7-4-5(9)2-3-6(7)8;/h2-4H,9H2,1H3;1H. The van der Waals surface area contributed by atoms with E-state index in [-0.39, 0.29) is 12.4 Å². The van der Waals surface area contributed by atoms with E-state index in [1.807, 2.05) is 18.2 Å². The number of nitrogens with two attached hydrogens (primary N) is 1. The van der Waals surface area contributed by atoms with Crippen molar-refractivity contribution in [2.24, 2.45) is 0 Å². The van der Waals surface area contributed by atoms with Gasteiger partial charge in [-0.25, -0.2) is 0 Å². The molecule has 0 radical (unpaired) electrons. The molecule has 0 amide bonds. The van der Waals surface area contributed by atoms with E-state index >= 15 is 0 Å². The Morgan fingerprint density at radius 1 is 1.45 bits per heavy atom. The van der Waals surface area contributed by atoms with Crippen molar-refractivity contribution in [3.63, 3.8) is 0 Å². The summed E-state index contributed by atoms with van der Waals surface area (Å²) in [4.78, 5) is 0. The van der Waals surface area contributed by atoms with Gasteiger partial charge >= 0.3 is 0 Å². The summed E-state index contributed by atoms with van der Waals surface area (Å²) in [6.07, 6.45) is 0. The first-order valence-electron chi connectivity index (χ1n) is 2.83. The third-order valence-electron chi connectivity index (χ3n) is 1.18. The maximum Gasteiger partial charge on any atom is 0.134 e. The summed E-state index contributed by atoms with van der Waals surface area (Å²) >= 11 is 2.20. The molecule has 62 valence electrons. The lowest BCUT2D eigenvalue weighted by atomic mass is 10.3. The van der Waals surface area contributed by atoms with Crippen molar-refractivity contribution < 1.29 is 4.74 Å². The Kier molecular flexibility index (Phi) is 4.60. The summed E-state index contributed by atoms with van der Waals surface area (Å²) in [6, 6.07) is 5.58. The number of methoxy groups -OCH3 is 1. The molecule has 0 aliphatic heterocycles. The van der Waals surface area contributed by atoms with Crippen molar-refractivity contribution in [2.75, 3.05) is 12.8 Å². The lowest BCUT2D eigenvalue weighted by molar-refractivity contribution is 0.412. The summed E-state index contributed by atoms with van der Waals surface area (Å²) < 4.78 is 6.12. The molecule has 0 heterocycles. The summed E-state index contributed by atoms with van der Waals surface area (Å²) in [5.74, 6) is 0.834. The number of ether oxygens (including phenoxy) is 1. The molecule has 2 N–H and O–H groups in total. The van der Waals surface area contributed by atoms with E-state index in [9.17, 15) is 0 Å². The smallest absolute Gasteiger partial charge is 0.134 e. The van der Waals surface area contributed by atoms with Crippen molar-refractivity contribution in [3.05, 3.63) is 21.8 Å². The van der Waals surface area contributed by atoms with Gasteiger partial charge in [0.25, 0.3) is 0 Å². The molecule has 0 aliphatic carbocycles. The highest BCUT2D eigenvalue weighted by atomic mass is 127. The average Bonchev–Trinajstić information content (AvgIpc) is 1.94. The van der Waals surface area contributed by atoms with Gasteiger partial charge in [-0.2, -0.15) is 0 Å². The molecule has 0 saturated heterocycles. The number of anilines is 1. The van der Waals surface area contributed by atoms with Crippen LogP contribution in [-0.2, 0) is 0 Å². The molecule has 0 saturated carbocycles. The van der Waals surface area contributed by atoms with E-state index in [0.717, 1.165) is 15.0 Å². The lowest BCUT2D eigenvalue weighted by Crippen LogP contribution is -1.89. The molecular weight excluding hydrogens is 276 g/mol. The molecule has 4 heteroatoms. The van der Waals surface area contributed by atoms with Crippen LogP contribution < -0.4 is 10.5 Å². The molecule has 1 aromatic carbocycles. The highest BCUT2D eigenvalue weighted by molar-refractivity contribution is 14.1. The van der Waals surface area contributed by atoms with Gasteiger partial charge in [0.15, 0.2) is 0 Å². The molecule has 0 aliphatic rings. The highest BCUT2D eigenvalue weighted by Gasteiger charge is 1.97. The van der Waals surface area contributed by atoms with Crippen LogP contribution in [0.15, 0.2) is 18.2 Å². The third-order valence-corrected chi connectivity index (χ3v) is 2.07. The molecule has 0 bridgehead atoms. The van der Waals surface area contributed by atoms with Gasteiger partial charge in [-0.1, -0.05) is 0 Å². The first-order valence-corrected chi connectivity index (χ1v) is 3.91. The molecule has 1 rings (SSSR count). The maximum atomic E-state index is 5.52. The zero-order chi connectivity index (χ0) is 7.56. The van der Waals surface area contributed by atoms with E-state index in [1.54, 1.807) is 7.11 Å². The molecule has 2 nitrogen and oxygen atoms in total. The fourth-order valence-electron chi connectivity index (χ4n) is 0.676. The first-order chi connectivity index (χ1) is 4.74. The Morgan fingerprint density at radius 3 is 2.55 bits per heavy atom. The number of hydrogen-bond donors (Lipinski definition) is 1. The second kappa shape index (κ2) is 4.66. The van der Waals surface area contributed by atoms with Crippen LogP contribution in [0.1, 0.15) is 0 Å². The topological polar surface area (TPSA) is 35.2 Å². The maximum absolute atomic E-state index is 5.52. The van der Waals surface area contributed by atoms with E-state index in [4.69, 9.17) is 10.5 Å². The van der Waals surface area contributed by atoms with Gasteiger partial charge in [0.05, 0.1) is 10.7 Å². The summed E-state index contributed by atoms with van der Waals surface area (Å²) in [5.41, 5.74) is 6.25. The Labute approximate surface area is 85.7 Å². The summed E-state index contributed by atoms with van der Waals surface area (Å²) in [7, 11) is 1.64. The number of hydrogen-bond acceptors (Lipinski definition) is 2. The van der Waals surface area contributed by atoms with E-state index in [1.165, 1.54) is 0 Å². The first kappa shape index (κ1) is 10.8.